The summed E-state index contributed by atoms with van der Waals surface area (Å²) < 4.78 is 10.1. The first-order valence-electron chi connectivity index (χ1n) is 5.71. The van der Waals surface area contributed by atoms with Crippen LogP contribution in [0.5, 0.6) is 6.01 Å². The Morgan fingerprint density at radius 1 is 1.39 bits per heavy atom. The molecule has 1 aliphatic heterocycles. The number of ether oxygens (including phenoxy) is 2. The molecule has 18 heavy (non-hydrogen) atoms. The zero-order valence-electron chi connectivity index (χ0n) is 10.2. The van der Waals surface area contributed by atoms with Gasteiger partial charge in [-0.3, -0.25) is 0 Å². The first-order chi connectivity index (χ1) is 8.61. The van der Waals surface area contributed by atoms with Crippen LogP contribution in [0.25, 0.3) is 0 Å². The number of hydrogen-bond donors (Lipinski definition) is 3. The Bertz CT molecular complexity index is 408. The summed E-state index contributed by atoms with van der Waals surface area (Å²) in [4.78, 5) is 11.7. The molecule has 0 saturated carbocycles. The third-order valence-electron chi connectivity index (χ3n) is 2.81. The minimum absolute atomic E-state index is 0.0725. The van der Waals surface area contributed by atoms with Crippen molar-refractivity contribution in [2.45, 2.75) is 18.4 Å². The minimum Gasteiger partial charge on any atom is -0.467 e. The van der Waals surface area contributed by atoms with Gasteiger partial charge in [0.25, 0.3) is 0 Å². The van der Waals surface area contributed by atoms with Crippen LogP contribution < -0.4 is 15.8 Å². The third kappa shape index (κ3) is 3.17. The van der Waals surface area contributed by atoms with Crippen molar-refractivity contribution in [3.05, 3.63) is 0 Å². The molecule has 1 aliphatic rings. The lowest BCUT2D eigenvalue weighted by Crippen LogP contribution is -2.42. The maximum Gasteiger partial charge on any atom is 0.322 e. The predicted octanol–water partition coefficient (Wildman–Crippen LogP) is -0.584. The van der Waals surface area contributed by atoms with Crippen molar-refractivity contribution >= 4 is 11.9 Å². The fourth-order valence-electron chi connectivity index (χ4n) is 1.71. The monoisotopic (exact) mass is 255 g/mol. The zero-order chi connectivity index (χ0) is 13.0. The van der Waals surface area contributed by atoms with Crippen molar-refractivity contribution in [2.75, 3.05) is 37.9 Å². The molecule has 100 valence electrons. The van der Waals surface area contributed by atoms with Gasteiger partial charge in [-0.25, -0.2) is 0 Å². The van der Waals surface area contributed by atoms with Crippen LogP contribution in [-0.2, 0) is 4.74 Å². The lowest BCUT2D eigenvalue weighted by atomic mass is 9.94. The maximum absolute atomic E-state index is 10.3. The summed E-state index contributed by atoms with van der Waals surface area (Å²) in [6.45, 7) is 1.45. The Balaban J connectivity index is 1.98. The highest BCUT2D eigenvalue weighted by molar-refractivity contribution is 5.32. The molecule has 8 heteroatoms. The second-order valence-electron chi connectivity index (χ2n) is 4.19. The molecular formula is C10H17N5O3. The summed E-state index contributed by atoms with van der Waals surface area (Å²) in [6, 6.07) is 0.143. The molecule has 1 aromatic heterocycles. The molecule has 4 N–H and O–H groups in total. The topological polar surface area (TPSA) is 115 Å². The van der Waals surface area contributed by atoms with E-state index in [9.17, 15) is 5.11 Å². The van der Waals surface area contributed by atoms with E-state index in [1.54, 1.807) is 0 Å². The molecule has 0 aliphatic carbocycles. The fraction of sp³-hybridized carbons (Fsp3) is 0.700. The summed E-state index contributed by atoms with van der Waals surface area (Å²) in [6.07, 6.45) is 1.16. The van der Waals surface area contributed by atoms with Crippen LogP contribution in [0.1, 0.15) is 12.8 Å². The average Bonchev–Trinajstić information content (AvgIpc) is 2.37. The number of rotatable bonds is 4. The Labute approximate surface area is 105 Å². The summed E-state index contributed by atoms with van der Waals surface area (Å²) in [5.41, 5.74) is 4.71. The molecule has 1 saturated heterocycles. The van der Waals surface area contributed by atoms with Crippen LogP contribution >= 0.6 is 0 Å². The molecule has 0 radical (unpaired) electrons. The summed E-state index contributed by atoms with van der Waals surface area (Å²) >= 11 is 0. The van der Waals surface area contributed by atoms with Crippen molar-refractivity contribution in [1.29, 1.82) is 0 Å². The quantitative estimate of drug-likeness (QED) is 0.654. The van der Waals surface area contributed by atoms with Gasteiger partial charge < -0.3 is 25.6 Å². The van der Waals surface area contributed by atoms with E-state index in [-0.39, 0.29) is 12.0 Å². The van der Waals surface area contributed by atoms with Gasteiger partial charge in [0.2, 0.25) is 11.9 Å². The molecule has 0 spiro atoms. The molecule has 0 bridgehead atoms. The molecule has 0 atom stereocenters. The van der Waals surface area contributed by atoms with Crippen molar-refractivity contribution in [3.63, 3.8) is 0 Å². The number of methoxy groups -OCH3 is 1. The number of hydrogen-bond acceptors (Lipinski definition) is 8. The Kier molecular flexibility index (Phi) is 3.78. The van der Waals surface area contributed by atoms with Gasteiger partial charge in [-0.15, -0.1) is 0 Å². The van der Waals surface area contributed by atoms with Crippen LogP contribution in [0, 0.1) is 0 Å². The standard InChI is InChI=1S/C10H17N5O3/c1-17-9-14-7(11)13-8(15-9)12-6-10(16)2-4-18-5-3-10/h16H,2-6H2,1H3,(H3,11,12,13,14,15). The van der Waals surface area contributed by atoms with E-state index in [0.29, 0.717) is 38.5 Å². The number of nitrogens with two attached hydrogens (primary N) is 1. The molecule has 2 heterocycles. The van der Waals surface area contributed by atoms with Gasteiger partial charge in [-0.1, -0.05) is 0 Å². The van der Waals surface area contributed by atoms with Crippen molar-refractivity contribution in [1.82, 2.24) is 15.0 Å². The highest BCUT2D eigenvalue weighted by atomic mass is 16.5. The lowest BCUT2D eigenvalue weighted by molar-refractivity contribution is -0.0544. The van der Waals surface area contributed by atoms with Crippen molar-refractivity contribution < 1.29 is 14.6 Å². The molecule has 1 fully saturated rings. The average molecular weight is 255 g/mol. The van der Waals surface area contributed by atoms with E-state index in [1.807, 2.05) is 0 Å². The highest BCUT2D eigenvalue weighted by Crippen LogP contribution is 2.20. The molecule has 1 aromatic rings. The number of anilines is 2. The smallest absolute Gasteiger partial charge is 0.322 e. The van der Waals surface area contributed by atoms with Gasteiger partial charge in [-0.2, -0.15) is 15.0 Å². The molecule has 0 unspecified atom stereocenters. The molecule has 2 rings (SSSR count). The Morgan fingerprint density at radius 2 is 2.11 bits per heavy atom. The van der Waals surface area contributed by atoms with Gasteiger partial charge in [0.05, 0.1) is 12.7 Å². The van der Waals surface area contributed by atoms with Gasteiger partial charge in [0.1, 0.15) is 0 Å². The van der Waals surface area contributed by atoms with E-state index >= 15 is 0 Å². The van der Waals surface area contributed by atoms with Crippen LogP contribution in [-0.4, -0.2) is 52.5 Å². The number of nitrogens with one attached hydrogen (secondary N) is 1. The van der Waals surface area contributed by atoms with E-state index < -0.39 is 5.60 Å². The lowest BCUT2D eigenvalue weighted by Gasteiger charge is -2.32. The van der Waals surface area contributed by atoms with E-state index in [1.165, 1.54) is 7.11 Å². The minimum atomic E-state index is -0.799. The van der Waals surface area contributed by atoms with E-state index in [0.717, 1.165) is 0 Å². The number of nitrogens with zero attached hydrogens (tertiary/aromatic N) is 3. The number of nitrogen functional groups attached to an aromatic ring is 1. The molecule has 0 amide bonds. The van der Waals surface area contributed by atoms with Gasteiger partial charge in [-0.05, 0) is 0 Å². The number of aliphatic hydroxyl groups is 1. The zero-order valence-corrected chi connectivity index (χ0v) is 10.2. The highest BCUT2D eigenvalue weighted by Gasteiger charge is 2.29. The Hall–Kier alpha value is -1.67. The Morgan fingerprint density at radius 3 is 2.78 bits per heavy atom. The maximum atomic E-state index is 10.3. The fourth-order valence-corrected chi connectivity index (χ4v) is 1.71. The van der Waals surface area contributed by atoms with Gasteiger partial charge in [0.15, 0.2) is 0 Å². The SMILES string of the molecule is COc1nc(N)nc(NCC2(O)CCOCC2)n1. The molecule has 8 nitrogen and oxygen atoms in total. The van der Waals surface area contributed by atoms with E-state index in [4.69, 9.17) is 15.2 Å². The van der Waals surface area contributed by atoms with E-state index in [2.05, 4.69) is 20.3 Å². The molecule has 0 aromatic carbocycles. The van der Waals surface area contributed by atoms with Crippen molar-refractivity contribution in [3.8, 4) is 6.01 Å². The normalized spacial score (nSPS) is 18.3. The first-order valence-corrected chi connectivity index (χ1v) is 5.71. The van der Waals surface area contributed by atoms with Crippen LogP contribution in [0.15, 0.2) is 0 Å². The number of aromatic nitrogens is 3. The molecular weight excluding hydrogens is 238 g/mol. The summed E-state index contributed by atoms with van der Waals surface area (Å²) in [5, 5.41) is 13.2. The third-order valence-corrected chi connectivity index (χ3v) is 2.81. The van der Waals surface area contributed by atoms with Crippen LogP contribution in [0.4, 0.5) is 11.9 Å². The predicted molar refractivity (Wildman–Crippen MR) is 64.3 cm³/mol. The summed E-state index contributed by atoms with van der Waals surface area (Å²) in [5.74, 6) is 0.364. The second-order valence-corrected chi connectivity index (χ2v) is 4.19. The van der Waals surface area contributed by atoms with Crippen LogP contribution in [0.3, 0.4) is 0 Å². The largest absolute Gasteiger partial charge is 0.467 e. The second kappa shape index (κ2) is 5.32. The van der Waals surface area contributed by atoms with Gasteiger partial charge >= 0.3 is 6.01 Å². The summed E-state index contributed by atoms with van der Waals surface area (Å²) in [7, 11) is 1.45. The first kappa shape index (κ1) is 12.8. The van der Waals surface area contributed by atoms with Crippen LogP contribution in [0.2, 0.25) is 0 Å². The van der Waals surface area contributed by atoms with Gasteiger partial charge in [0, 0.05) is 32.6 Å². The van der Waals surface area contributed by atoms with Crippen molar-refractivity contribution in [2.24, 2.45) is 0 Å².